The van der Waals surface area contributed by atoms with E-state index in [1.165, 1.54) is 0 Å². The maximum atomic E-state index is 12.5. The van der Waals surface area contributed by atoms with Crippen LogP contribution in [0.3, 0.4) is 0 Å². The molecule has 0 aliphatic heterocycles. The lowest BCUT2D eigenvalue weighted by molar-refractivity contribution is -0.120. The first-order valence-electron chi connectivity index (χ1n) is 8.85. The lowest BCUT2D eigenvalue weighted by atomic mass is 9.78. The zero-order valence-corrected chi connectivity index (χ0v) is 16.5. The molecule has 0 saturated heterocycles. The Hall–Kier alpha value is -2.05. The van der Waals surface area contributed by atoms with Crippen molar-refractivity contribution in [2.24, 2.45) is 0 Å². The average Bonchev–Trinajstić information content (AvgIpc) is 3.06. The van der Waals surface area contributed by atoms with Crippen LogP contribution < -0.4 is 16.6 Å². The molecule has 1 heterocycles. The minimum absolute atomic E-state index is 0.0949. The van der Waals surface area contributed by atoms with Gasteiger partial charge in [-0.3, -0.25) is 14.6 Å². The number of carbonyl (C=O) groups is 1. The second-order valence-corrected chi connectivity index (χ2v) is 7.92. The first-order chi connectivity index (χ1) is 12.8. The van der Waals surface area contributed by atoms with Gasteiger partial charge in [0.05, 0.1) is 6.42 Å². The lowest BCUT2D eigenvalue weighted by Crippen LogP contribution is -2.40. The molecule has 1 aromatic heterocycles. The zero-order chi connectivity index (χ0) is 19.6. The first-order valence-corrected chi connectivity index (χ1v) is 9.61. The van der Waals surface area contributed by atoms with Crippen molar-refractivity contribution in [1.82, 2.24) is 15.3 Å². The predicted octanol–water partition coefficient (Wildman–Crippen LogP) is 2.85. The van der Waals surface area contributed by atoms with Gasteiger partial charge < -0.3 is 10.3 Å². The van der Waals surface area contributed by atoms with Crippen LogP contribution in [0.25, 0.3) is 0 Å². The molecule has 1 aliphatic carbocycles. The molecule has 1 fully saturated rings. The van der Waals surface area contributed by atoms with Gasteiger partial charge in [0.1, 0.15) is 0 Å². The van der Waals surface area contributed by atoms with E-state index < -0.39 is 11.2 Å². The lowest BCUT2D eigenvalue weighted by Gasteiger charge is -2.31. The molecule has 0 radical (unpaired) electrons. The topological polar surface area (TPSA) is 94.8 Å². The number of nitrogens with one attached hydrogen (secondary N) is 3. The van der Waals surface area contributed by atoms with Crippen molar-refractivity contribution in [2.75, 3.05) is 6.54 Å². The highest BCUT2D eigenvalue weighted by molar-refractivity contribution is 6.35. The third kappa shape index (κ3) is 4.28. The molecule has 1 saturated carbocycles. The largest absolute Gasteiger partial charge is 0.355 e. The monoisotopic (exact) mass is 409 g/mol. The molecule has 1 aliphatic rings. The Labute approximate surface area is 166 Å². The van der Waals surface area contributed by atoms with Crippen molar-refractivity contribution in [3.8, 4) is 0 Å². The first kappa shape index (κ1) is 19.7. The van der Waals surface area contributed by atoms with Gasteiger partial charge in [0.2, 0.25) is 5.91 Å². The number of hydrogen-bond acceptors (Lipinski definition) is 3. The Kier molecular flexibility index (Phi) is 5.77. The molecule has 0 atom stereocenters. The summed E-state index contributed by atoms with van der Waals surface area (Å²) in [6.45, 7) is 2.04. The Morgan fingerprint density at radius 3 is 2.52 bits per heavy atom. The van der Waals surface area contributed by atoms with Gasteiger partial charge in [-0.1, -0.05) is 42.1 Å². The summed E-state index contributed by atoms with van der Waals surface area (Å²) >= 11 is 12.4. The van der Waals surface area contributed by atoms with E-state index in [9.17, 15) is 14.4 Å². The van der Waals surface area contributed by atoms with Crippen molar-refractivity contribution in [3.05, 3.63) is 65.9 Å². The Morgan fingerprint density at radius 1 is 1.19 bits per heavy atom. The molecule has 0 spiro atoms. The van der Waals surface area contributed by atoms with E-state index in [2.05, 4.69) is 15.3 Å². The highest BCUT2D eigenvalue weighted by Crippen LogP contribution is 2.44. The second kappa shape index (κ2) is 7.90. The van der Waals surface area contributed by atoms with E-state index in [4.69, 9.17) is 23.2 Å². The number of halogens is 2. The molecule has 2 aromatic rings. The van der Waals surface area contributed by atoms with Gasteiger partial charge in [-0.05, 0) is 37.5 Å². The van der Waals surface area contributed by atoms with Crippen LogP contribution in [0, 0.1) is 6.92 Å². The molecular formula is C19H21Cl2N3O3. The fourth-order valence-electron chi connectivity index (χ4n) is 3.84. The van der Waals surface area contributed by atoms with Gasteiger partial charge in [0.15, 0.2) is 0 Å². The second-order valence-electron chi connectivity index (χ2n) is 7.08. The maximum absolute atomic E-state index is 12.5. The molecule has 3 rings (SSSR count). The summed E-state index contributed by atoms with van der Waals surface area (Å²) in [6.07, 6.45) is 3.88. The maximum Gasteiger partial charge on any atom is 0.325 e. The fraction of sp³-hybridized carbons (Fsp3) is 0.421. The van der Waals surface area contributed by atoms with Crippen LogP contribution in [-0.2, 0) is 16.6 Å². The SMILES string of the molecule is Cc1[nH]c(=O)[nH]c(=O)c1CC(=O)NCC1(c2ccc(Cl)cc2Cl)CCCC1. The smallest absolute Gasteiger partial charge is 0.325 e. The predicted molar refractivity (Wildman–Crippen MR) is 106 cm³/mol. The summed E-state index contributed by atoms with van der Waals surface area (Å²) in [5.74, 6) is -0.271. The number of amides is 1. The third-order valence-corrected chi connectivity index (χ3v) is 5.83. The minimum Gasteiger partial charge on any atom is -0.355 e. The fourth-order valence-corrected chi connectivity index (χ4v) is 4.45. The van der Waals surface area contributed by atoms with Gasteiger partial charge in [0, 0.05) is 33.3 Å². The molecule has 8 heteroatoms. The average molecular weight is 410 g/mol. The van der Waals surface area contributed by atoms with E-state index in [1.807, 2.05) is 12.1 Å². The quantitative estimate of drug-likeness (QED) is 0.708. The molecule has 144 valence electrons. The molecule has 1 amide bonds. The van der Waals surface area contributed by atoms with Gasteiger partial charge in [0.25, 0.3) is 5.56 Å². The van der Waals surface area contributed by atoms with E-state index in [-0.39, 0.29) is 23.3 Å². The van der Waals surface area contributed by atoms with Crippen molar-refractivity contribution >= 4 is 29.1 Å². The molecular weight excluding hydrogens is 389 g/mol. The van der Waals surface area contributed by atoms with Crippen molar-refractivity contribution in [3.63, 3.8) is 0 Å². The van der Waals surface area contributed by atoms with E-state index in [1.54, 1.807) is 13.0 Å². The summed E-state index contributed by atoms with van der Waals surface area (Å²) in [7, 11) is 0. The van der Waals surface area contributed by atoms with Crippen LogP contribution in [0.1, 0.15) is 42.5 Å². The number of aromatic nitrogens is 2. The van der Waals surface area contributed by atoms with E-state index >= 15 is 0 Å². The standard InChI is InChI=1S/C19H21Cl2N3O3/c1-11-13(17(26)24-18(27)23-11)9-16(25)22-10-19(6-2-3-7-19)14-5-4-12(20)8-15(14)21/h4-5,8H,2-3,6-7,9-10H2,1H3,(H,22,25)(H2,23,24,26,27). The number of rotatable bonds is 5. The van der Waals surface area contributed by atoms with E-state index in [0.29, 0.717) is 22.3 Å². The van der Waals surface area contributed by atoms with Crippen LogP contribution in [-0.4, -0.2) is 22.4 Å². The van der Waals surface area contributed by atoms with Crippen molar-refractivity contribution in [1.29, 1.82) is 0 Å². The zero-order valence-electron chi connectivity index (χ0n) is 15.0. The third-order valence-electron chi connectivity index (χ3n) is 5.28. The Bertz CT molecular complexity index is 975. The highest BCUT2D eigenvalue weighted by atomic mass is 35.5. The molecule has 3 N–H and O–H groups in total. The summed E-state index contributed by atoms with van der Waals surface area (Å²) in [6, 6.07) is 5.47. The van der Waals surface area contributed by atoms with Crippen LogP contribution in [0.4, 0.5) is 0 Å². The molecule has 0 bridgehead atoms. The van der Waals surface area contributed by atoms with Gasteiger partial charge >= 0.3 is 5.69 Å². The van der Waals surface area contributed by atoms with Crippen LogP contribution in [0.2, 0.25) is 10.0 Å². The number of hydrogen-bond donors (Lipinski definition) is 3. The number of aryl methyl sites for hydroxylation is 1. The van der Waals surface area contributed by atoms with Crippen molar-refractivity contribution < 1.29 is 4.79 Å². The number of aromatic amines is 2. The number of benzene rings is 1. The molecule has 6 nitrogen and oxygen atoms in total. The molecule has 1 aromatic carbocycles. The Balaban J connectivity index is 1.76. The Morgan fingerprint density at radius 2 is 1.89 bits per heavy atom. The summed E-state index contributed by atoms with van der Waals surface area (Å²) in [5.41, 5.74) is 0.299. The molecule has 27 heavy (non-hydrogen) atoms. The molecule has 0 unspecified atom stereocenters. The number of H-pyrrole nitrogens is 2. The van der Waals surface area contributed by atoms with Gasteiger partial charge in [-0.2, -0.15) is 0 Å². The van der Waals surface area contributed by atoms with Crippen molar-refractivity contribution in [2.45, 2.75) is 44.4 Å². The van der Waals surface area contributed by atoms with E-state index in [0.717, 1.165) is 31.2 Å². The summed E-state index contributed by atoms with van der Waals surface area (Å²) < 4.78 is 0. The summed E-state index contributed by atoms with van der Waals surface area (Å²) in [5, 5.41) is 4.13. The van der Waals surface area contributed by atoms with Gasteiger partial charge in [-0.25, -0.2) is 4.79 Å². The highest BCUT2D eigenvalue weighted by Gasteiger charge is 2.37. The van der Waals surface area contributed by atoms with Gasteiger partial charge in [-0.15, -0.1) is 0 Å². The minimum atomic E-state index is -0.580. The summed E-state index contributed by atoms with van der Waals surface area (Å²) in [4.78, 5) is 40.3. The number of carbonyl (C=O) groups excluding carboxylic acids is 1. The van der Waals surface area contributed by atoms with Crippen LogP contribution in [0.15, 0.2) is 27.8 Å². The normalized spacial score (nSPS) is 15.7. The van der Waals surface area contributed by atoms with Crippen LogP contribution >= 0.6 is 23.2 Å². The van der Waals surface area contributed by atoms with Crippen LogP contribution in [0.5, 0.6) is 0 Å².